The third kappa shape index (κ3) is 3.08. The third-order valence-corrected chi connectivity index (χ3v) is 4.82. The molecule has 1 heterocycles. The van der Waals surface area contributed by atoms with E-state index >= 15 is 0 Å². The number of aryl methyl sites for hydroxylation is 1. The quantitative estimate of drug-likeness (QED) is 0.394. The molecule has 4 nitrogen and oxygen atoms in total. The number of aromatic nitrogens is 1. The normalized spacial score (nSPS) is 10.5. The molecule has 0 bridgehead atoms. The largest absolute Gasteiger partial charge is 0.497 e. The van der Waals surface area contributed by atoms with Crippen LogP contribution in [0.1, 0.15) is 11.1 Å². The van der Waals surface area contributed by atoms with Gasteiger partial charge in [0, 0.05) is 35.0 Å². The van der Waals surface area contributed by atoms with E-state index in [1.165, 1.54) is 0 Å². The smallest absolute Gasteiger partial charge is 0.197 e. The van der Waals surface area contributed by atoms with Crippen LogP contribution < -0.4 is 14.9 Å². The fraction of sp³-hybridized carbons (Fsp3) is 0.125. The number of para-hydroxylation sites is 1. The van der Waals surface area contributed by atoms with E-state index in [0.717, 1.165) is 27.5 Å². The van der Waals surface area contributed by atoms with Crippen LogP contribution in [0, 0.1) is 11.8 Å². The van der Waals surface area contributed by atoms with Crippen LogP contribution in [0.4, 0.5) is 0 Å². The van der Waals surface area contributed by atoms with Crippen molar-refractivity contribution >= 4 is 21.8 Å². The average molecular weight is 369 g/mol. The van der Waals surface area contributed by atoms with Crippen molar-refractivity contribution in [2.45, 2.75) is 0 Å². The highest BCUT2D eigenvalue weighted by Crippen LogP contribution is 2.22. The Kier molecular flexibility index (Phi) is 4.50. The Labute approximate surface area is 162 Å². The zero-order valence-electron chi connectivity index (χ0n) is 15.9. The van der Waals surface area contributed by atoms with Gasteiger partial charge in [0.1, 0.15) is 11.5 Å². The molecule has 0 saturated carbocycles. The van der Waals surface area contributed by atoms with Crippen molar-refractivity contribution < 1.29 is 9.47 Å². The number of hydrogen-bond acceptors (Lipinski definition) is 3. The van der Waals surface area contributed by atoms with Gasteiger partial charge in [-0.2, -0.15) is 0 Å². The number of fused-ring (bicyclic) bond motifs is 2. The highest BCUT2D eigenvalue weighted by atomic mass is 16.5. The van der Waals surface area contributed by atoms with Crippen LogP contribution in [-0.4, -0.2) is 18.8 Å². The first-order valence-corrected chi connectivity index (χ1v) is 8.87. The average Bonchev–Trinajstić information content (AvgIpc) is 2.75. The Hall–Kier alpha value is -3.71. The third-order valence-electron chi connectivity index (χ3n) is 4.82. The standard InChI is InChI=1S/C24H19NO3/c1-25-22-7-5-4-6-20(22)24(26)21-11-10-16(14-23(21)25)8-9-17-12-18(27-2)15-19(13-17)28-3/h4-7,10-15H,1-3H3. The predicted octanol–water partition coefficient (Wildman–Crippen LogP) is 4.11. The minimum Gasteiger partial charge on any atom is -0.497 e. The number of nitrogens with zero attached hydrogens (tertiary/aromatic N) is 1. The van der Waals surface area contributed by atoms with Crippen LogP contribution in [0.3, 0.4) is 0 Å². The molecule has 4 rings (SSSR count). The fourth-order valence-corrected chi connectivity index (χ4v) is 3.34. The maximum absolute atomic E-state index is 12.8. The first kappa shape index (κ1) is 17.7. The molecule has 0 N–H and O–H groups in total. The van der Waals surface area contributed by atoms with Crippen molar-refractivity contribution in [1.82, 2.24) is 4.57 Å². The molecular weight excluding hydrogens is 350 g/mol. The van der Waals surface area contributed by atoms with Gasteiger partial charge in [-0.3, -0.25) is 4.79 Å². The van der Waals surface area contributed by atoms with E-state index in [1.807, 2.05) is 72.3 Å². The summed E-state index contributed by atoms with van der Waals surface area (Å²) in [6.07, 6.45) is 0. The highest BCUT2D eigenvalue weighted by Gasteiger charge is 2.08. The lowest BCUT2D eigenvalue weighted by molar-refractivity contribution is 0.394. The zero-order chi connectivity index (χ0) is 19.7. The molecule has 0 unspecified atom stereocenters. The van der Waals surface area contributed by atoms with E-state index < -0.39 is 0 Å². The Bertz CT molecular complexity index is 1300. The second-order valence-corrected chi connectivity index (χ2v) is 6.49. The van der Waals surface area contributed by atoms with Gasteiger partial charge in [-0.05, 0) is 42.5 Å². The number of ether oxygens (including phenoxy) is 2. The van der Waals surface area contributed by atoms with Crippen LogP contribution >= 0.6 is 0 Å². The highest BCUT2D eigenvalue weighted by molar-refractivity contribution is 5.93. The lowest BCUT2D eigenvalue weighted by Gasteiger charge is -2.10. The molecule has 4 heteroatoms. The van der Waals surface area contributed by atoms with E-state index in [-0.39, 0.29) is 5.43 Å². The molecule has 28 heavy (non-hydrogen) atoms. The summed E-state index contributed by atoms with van der Waals surface area (Å²) in [5.41, 5.74) is 3.44. The molecule has 1 aromatic heterocycles. The molecule has 4 aromatic rings. The van der Waals surface area contributed by atoms with Crippen LogP contribution in [0.25, 0.3) is 21.8 Å². The van der Waals surface area contributed by atoms with Gasteiger partial charge in [-0.1, -0.05) is 24.0 Å². The SMILES string of the molecule is COc1cc(C#Cc2ccc3c(=O)c4ccccc4n(C)c3c2)cc(OC)c1. The number of hydrogen-bond donors (Lipinski definition) is 0. The van der Waals surface area contributed by atoms with Crippen LogP contribution in [0.15, 0.2) is 65.5 Å². The summed E-state index contributed by atoms with van der Waals surface area (Å²) in [7, 11) is 5.19. The van der Waals surface area contributed by atoms with Crippen molar-refractivity contribution in [3.8, 4) is 23.3 Å². The first-order valence-electron chi connectivity index (χ1n) is 8.87. The first-order chi connectivity index (χ1) is 13.6. The topological polar surface area (TPSA) is 40.5 Å². The molecule has 0 atom stereocenters. The molecule has 0 aliphatic rings. The Balaban J connectivity index is 1.84. The molecular formula is C24H19NO3. The summed E-state index contributed by atoms with van der Waals surface area (Å²) in [6.45, 7) is 0. The van der Waals surface area contributed by atoms with Gasteiger partial charge in [-0.15, -0.1) is 0 Å². The fourth-order valence-electron chi connectivity index (χ4n) is 3.34. The molecule has 3 aromatic carbocycles. The van der Waals surface area contributed by atoms with Crippen LogP contribution in [-0.2, 0) is 7.05 Å². The number of methoxy groups -OCH3 is 2. The monoisotopic (exact) mass is 369 g/mol. The molecule has 0 aliphatic heterocycles. The van der Waals surface area contributed by atoms with Crippen molar-refractivity contribution in [2.75, 3.05) is 14.2 Å². The molecule has 138 valence electrons. The molecule has 0 saturated heterocycles. The van der Waals surface area contributed by atoms with Gasteiger partial charge in [0.05, 0.1) is 25.3 Å². The molecule has 0 spiro atoms. The second kappa shape index (κ2) is 7.13. The van der Waals surface area contributed by atoms with Crippen molar-refractivity contribution in [1.29, 1.82) is 0 Å². The summed E-state index contributed by atoms with van der Waals surface area (Å²) in [5, 5.41) is 1.41. The summed E-state index contributed by atoms with van der Waals surface area (Å²) < 4.78 is 12.6. The summed E-state index contributed by atoms with van der Waals surface area (Å²) >= 11 is 0. The maximum Gasteiger partial charge on any atom is 0.197 e. The van der Waals surface area contributed by atoms with Gasteiger partial charge in [-0.25, -0.2) is 0 Å². The van der Waals surface area contributed by atoms with E-state index in [1.54, 1.807) is 14.2 Å². The van der Waals surface area contributed by atoms with Crippen molar-refractivity contribution in [3.63, 3.8) is 0 Å². The van der Waals surface area contributed by atoms with Crippen LogP contribution in [0.5, 0.6) is 11.5 Å². The number of rotatable bonds is 2. The lowest BCUT2D eigenvalue weighted by Crippen LogP contribution is -2.09. The van der Waals surface area contributed by atoms with Gasteiger partial charge in [0.25, 0.3) is 0 Å². The molecule has 0 radical (unpaired) electrons. The van der Waals surface area contributed by atoms with E-state index in [4.69, 9.17) is 9.47 Å². The summed E-state index contributed by atoms with van der Waals surface area (Å²) in [5.74, 6) is 7.70. The van der Waals surface area contributed by atoms with Gasteiger partial charge in [0.15, 0.2) is 5.43 Å². The second-order valence-electron chi connectivity index (χ2n) is 6.49. The van der Waals surface area contributed by atoms with E-state index in [2.05, 4.69) is 11.8 Å². The molecule has 0 aliphatic carbocycles. The minimum atomic E-state index is 0.0424. The summed E-state index contributed by atoms with van der Waals surface area (Å²) in [4.78, 5) is 12.8. The summed E-state index contributed by atoms with van der Waals surface area (Å²) in [6, 6.07) is 18.8. The lowest BCUT2D eigenvalue weighted by atomic mass is 10.1. The number of benzene rings is 3. The van der Waals surface area contributed by atoms with Crippen molar-refractivity contribution in [3.05, 3.63) is 82.0 Å². The zero-order valence-corrected chi connectivity index (χ0v) is 15.9. The number of pyridine rings is 1. The minimum absolute atomic E-state index is 0.0424. The van der Waals surface area contributed by atoms with Gasteiger partial charge in [0.2, 0.25) is 0 Å². The van der Waals surface area contributed by atoms with Gasteiger partial charge < -0.3 is 14.0 Å². The van der Waals surface area contributed by atoms with E-state index in [9.17, 15) is 4.79 Å². The van der Waals surface area contributed by atoms with E-state index in [0.29, 0.717) is 16.9 Å². The van der Waals surface area contributed by atoms with Crippen molar-refractivity contribution in [2.24, 2.45) is 7.05 Å². The predicted molar refractivity (Wildman–Crippen MR) is 112 cm³/mol. The Morgan fingerprint density at radius 3 is 2.11 bits per heavy atom. The van der Waals surface area contributed by atoms with Crippen LogP contribution in [0.2, 0.25) is 0 Å². The molecule has 0 fully saturated rings. The van der Waals surface area contributed by atoms with Gasteiger partial charge >= 0.3 is 0 Å². The Morgan fingerprint density at radius 1 is 0.750 bits per heavy atom. The Morgan fingerprint density at radius 2 is 1.39 bits per heavy atom. The maximum atomic E-state index is 12.8. The molecule has 0 amide bonds.